The molecule has 0 saturated carbocycles. The van der Waals surface area contributed by atoms with Gasteiger partial charge in [0.05, 0.1) is 12.2 Å². The fraction of sp³-hybridized carbons (Fsp3) is 0.429. The van der Waals surface area contributed by atoms with E-state index in [0.717, 1.165) is 29.1 Å². The summed E-state index contributed by atoms with van der Waals surface area (Å²) in [5.41, 5.74) is 2.24. The summed E-state index contributed by atoms with van der Waals surface area (Å²) in [4.78, 5) is 4.33. The number of aryl methyl sites for hydroxylation is 1. The Bertz CT molecular complexity index is 548. The van der Waals surface area contributed by atoms with E-state index in [2.05, 4.69) is 64.2 Å². The third-order valence-electron chi connectivity index (χ3n) is 2.84. The van der Waals surface area contributed by atoms with Crippen LogP contribution < -0.4 is 5.32 Å². The first-order chi connectivity index (χ1) is 9.08. The maximum atomic E-state index is 4.33. The van der Waals surface area contributed by atoms with E-state index in [0.29, 0.717) is 5.92 Å². The van der Waals surface area contributed by atoms with Gasteiger partial charge in [-0.25, -0.2) is 9.67 Å². The van der Waals surface area contributed by atoms with E-state index in [1.807, 2.05) is 10.7 Å². The van der Waals surface area contributed by atoms with Gasteiger partial charge in [0, 0.05) is 4.47 Å². The Balaban J connectivity index is 2.19. The van der Waals surface area contributed by atoms with Crippen LogP contribution in [0.1, 0.15) is 25.2 Å². The van der Waals surface area contributed by atoms with E-state index >= 15 is 0 Å². The van der Waals surface area contributed by atoms with Crippen LogP contribution in [-0.4, -0.2) is 21.3 Å². The predicted octanol–water partition coefficient (Wildman–Crippen LogP) is 3.08. The minimum absolute atomic E-state index is 0.630. The highest BCUT2D eigenvalue weighted by Crippen LogP contribution is 2.19. The molecule has 0 fully saturated rings. The van der Waals surface area contributed by atoms with Crippen molar-refractivity contribution < 1.29 is 0 Å². The van der Waals surface area contributed by atoms with Crippen LogP contribution in [0.2, 0.25) is 0 Å². The minimum atomic E-state index is 0.630. The van der Waals surface area contributed by atoms with E-state index < -0.39 is 0 Å². The highest BCUT2D eigenvalue weighted by atomic mass is 79.9. The summed E-state index contributed by atoms with van der Waals surface area (Å²) in [5, 5.41) is 7.72. The molecule has 0 radical (unpaired) electrons. The zero-order valence-electron chi connectivity index (χ0n) is 11.5. The van der Waals surface area contributed by atoms with Crippen molar-refractivity contribution in [3.05, 3.63) is 40.4 Å². The Morgan fingerprint density at radius 2 is 2.16 bits per heavy atom. The van der Waals surface area contributed by atoms with Gasteiger partial charge in [-0.1, -0.05) is 29.8 Å². The molecule has 2 aromatic rings. The number of aromatic nitrogens is 3. The Kier molecular flexibility index (Phi) is 4.71. The zero-order chi connectivity index (χ0) is 13.8. The van der Waals surface area contributed by atoms with Crippen LogP contribution in [0.5, 0.6) is 0 Å². The summed E-state index contributed by atoms with van der Waals surface area (Å²) in [6.07, 6.45) is 1.61. The summed E-state index contributed by atoms with van der Waals surface area (Å²) >= 11 is 3.48. The molecule has 0 saturated heterocycles. The van der Waals surface area contributed by atoms with Crippen LogP contribution in [0.25, 0.3) is 5.69 Å². The largest absolute Gasteiger partial charge is 0.310 e. The fourth-order valence-electron chi connectivity index (χ4n) is 1.92. The molecule has 0 bridgehead atoms. The van der Waals surface area contributed by atoms with Gasteiger partial charge in [0.1, 0.15) is 12.2 Å². The van der Waals surface area contributed by atoms with Crippen molar-refractivity contribution >= 4 is 15.9 Å². The summed E-state index contributed by atoms with van der Waals surface area (Å²) in [7, 11) is 0. The van der Waals surface area contributed by atoms with Gasteiger partial charge >= 0.3 is 0 Å². The first-order valence-corrected chi connectivity index (χ1v) is 7.23. The van der Waals surface area contributed by atoms with Gasteiger partial charge < -0.3 is 5.32 Å². The first-order valence-electron chi connectivity index (χ1n) is 6.44. The van der Waals surface area contributed by atoms with E-state index in [9.17, 15) is 0 Å². The highest BCUT2D eigenvalue weighted by Gasteiger charge is 2.09. The summed E-state index contributed by atoms with van der Waals surface area (Å²) in [5.74, 6) is 1.57. The number of nitrogens with zero attached hydrogens (tertiary/aromatic N) is 3. The molecule has 0 unspecified atom stereocenters. The van der Waals surface area contributed by atoms with Gasteiger partial charge in [0.2, 0.25) is 0 Å². The summed E-state index contributed by atoms with van der Waals surface area (Å²) < 4.78 is 2.98. The second kappa shape index (κ2) is 6.30. The van der Waals surface area contributed by atoms with Gasteiger partial charge in [-0.05, 0) is 43.1 Å². The molecule has 2 rings (SSSR count). The second-order valence-electron chi connectivity index (χ2n) is 5.04. The number of halogens is 1. The molecule has 0 aliphatic rings. The van der Waals surface area contributed by atoms with Gasteiger partial charge in [0.25, 0.3) is 0 Å². The van der Waals surface area contributed by atoms with Gasteiger partial charge in [-0.15, -0.1) is 0 Å². The zero-order valence-corrected chi connectivity index (χ0v) is 13.1. The van der Waals surface area contributed by atoms with Gasteiger partial charge in [-0.3, -0.25) is 0 Å². The van der Waals surface area contributed by atoms with Crippen molar-refractivity contribution in [1.82, 2.24) is 20.1 Å². The fourth-order valence-corrected chi connectivity index (χ4v) is 2.39. The molecule has 0 atom stereocenters. The number of rotatable bonds is 5. The lowest BCUT2D eigenvalue weighted by Gasteiger charge is -2.11. The lowest BCUT2D eigenvalue weighted by Crippen LogP contribution is -2.21. The third-order valence-corrected chi connectivity index (χ3v) is 3.33. The van der Waals surface area contributed by atoms with Crippen molar-refractivity contribution in [1.29, 1.82) is 0 Å². The van der Waals surface area contributed by atoms with E-state index in [-0.39, 0.29) is 0 Å². The summed E-state index contributed by atoms with van der Waals surface area (Å²) in [6, 6.07) is 6.16. The molecule has 0 amide bonds. The monoisotopic (exact) mass is 322 g/mol. The number of hydrogen-bond donors (Lipinski definition) is 1. The smallest absolute Gasteiger partial charge is 0.146 e. The second-order valence-corrected chi connectivity index (χ2v) is 5.96. The van der Waals surface area contributed by atoms with Crippen LogP contribution in [0.4, 0.5) is 0 Å². The minimum Gasteiger partial charge on any atom is -0.310 e. The molecule has 102 valence electrons. The molecule has 0 aliphatic carbocycles. The van der Waals surface area contributed by atoms with Crippen molar-refractivity contribution in [2.75, 3.05) is 6.54 Å². The Labute approximate surface area is 122 Å². The molecule has 0 aliphatic heterocycles. The molecule has 1 heterocycles. The number of nitrogens with one attached hydrogen (secondary N) is 1. The van der Waals surface area contributed by atoms with E-state index in [1.54, 1.807) is 6.33 Å². The lowest BCUT2D eigenvalue weighted by molar-refractivity contribution is 0.537. The molecule has 19 heavy (non-hydrogen) atoms. The maximum Gasteiger partial charge on any atom is 0.146 e. The van der Waals surface area contributed by atoms with Crippen molar-refractivity contribution in [2.45, 2.75) is 27.3 Å². The molecule has 1 aromatic carbocycles. The first kappa shape index (κ1) is 14.2. The maximum absolute atomic E-state index is 4.33. The number of benzene rings is 1. The lowest BCUT2D eigenvalue weighted by atomic mass is 10.2. The van der Waals surface area contributed by atoms with Crippen molar-refractivity contribution in [2.24, 2.45) is 5.92 Å². The normalized spacial score (nSPS) is 11.2. The van der Waals surface area contributed by atoms with Gasteiger partial charge in [0.15, 0.2) is 0 Å². The van der Waals surface area contributed by atoms with Crippen molar-refractivity contribution in [3.63, 3.8) is 0 Å². The summed E-state index contributed by atoms with van der Waals surface area (Å²) in [6.45, 7) is 8.17. The molecule has 5 heteroatoms. The molecular weight excluding hydrogens is 304 g/mol. The van der Waals surface area contributed by atoms with Crippen LogP contribution in [0, 0.1) is 12.8 Å². The molecule has 0 spiro atoms. The molecule has 4 nitrogen and oxygen atoms in total. The average Bonchev–Trinajstić information content (AvgIpc) is 2.77. The van der Waals surface area contributed by atoms with Gasteiger partial charge in [-0.2, -0.15) is 5.10 Å². The molecular formula is C14H19BrN4. The average molecular weight is 323 g/mol. The van der Waals surface area contributed by atoms with Crippen LogP contribution in [0.15, 0.2) is 29.0 Å². The van der Waals surface area contributed by atoms with Crippen LogP contribution in [-0.2, 0) is 6.54 Å². The quantitative estimate of drug-likeness (QED) is 0.919. The number of hydrogen-bond acceptors (Lipinski definition) is 3. The molecule has 1 aromatic heterocycles. The van der Waals surface area contributed by atoms with Crippen LogP contribution in [0.3, 0.4) is 0 Å². The van der Waals surface area contributed by atoms with Crippen molar-refractivity contribution in [3.8, 4) is 5.69 Å². The third kappa shape index (κ3) is 3.64. The van der Waals surface area contributed by atoms with Crippen LogP contribution >= 0.6 is 15.9 Å². The standard InChI is InChI=1S/C14H19BrN4/c1-10(2)7-16-8-14-17-9-18-19(14)13-5-4-12(15)6-11(13)3/h4-6,9-10,16H,7-8H2,1-3H3. The SMILES string of the molecule is Cc1cc(Br)ccc1-n1ncnc1CNCC(C)C. The topological polar surface area (TPSA) is 42.7 Å². The van der Waals surface area contributed by atoms with E-state index in [1.165, 1.54) is 5.56 Å². The Morgan fingerprint density at radius 3 is 2.84 bits per heavy atom. The predicted molar refractivity (Wildman–Crippen MR) is 80.3 cm³/mol. The molecule has 1 N–H and O–H groups in total. The Morgan fingerprint density at radius 1 is 1.37 bits per heavy atom. The highest BCUT2D eigenvalue weighted by molar-refractivity contribution is 9.10. The Hall–Kier alpha value is -1.20. The van der Waals surface area contributed by atoms with E-state index in [4.69, 9.17) is 0 Å².